The van der Waals surface area contributed by atoms with Crippen molar-refractivity contribution in [3.05, 3.63) is 48.2 Å². The second-order valence-corrected chi connectivity index (χ2v) is 11.3. The number of benzene rings is 1. The Morgan fingerprint density at radius 2 is 2.09 bits per heavy atom. The van der Waals surface area contributed by atoms with Crippen LogP contribution >= 0.6 is 0 Å². The largest absolute Gasteiger partial charge is 0.497 e. The van der Waals surface area contributed by atoms with Crippen LogP contribution in [0, 0.1) is 11.5 Å². The van der Waals surface area contributed by atoms with Crippen LogP contribution in [0.15, 0.2) is 36.9 Å². The number of aromatic nitrogens is 1. The summed E-state index contributed by atoms with van der Waals surface area (Å²) in [4.78, 5) is 4.66. The Bertz CT molecular complexity index is 782. The van der Waals surface area contributed by atoms with Gasteiger partial charge in [-0.15, -0.1) is 12.1 Å². The summed E-state index contributed by atoms with van der Waals surface area (Å²) in [5.74, 6) is 3.96. The lowest BCUT2D eigenvalue weighted by atomic mass is 10.0. The highest BCUT2D eigenvalue weighted by Gasteiger charge is 2.15. The summed E-state index contributed by atoms with van der Waals surface area (Å²) < 4.78 is 5.26. The number of aliphatic hydroxyl groups excluding tert-OH is 1. The number of ether oxygens (including phenoxy) is 1. The van der Waals surface area contributed by atoms with Gasteiger partial charge in [0.25, 0.3) is 0 Å². The molecule has 0 spiro atoms. The van der Waals surface area contributed by atoms with Crippen LogP contribution in [0.5, 0.6) is 5.75 Å². The zero-order chi connectivity index (χ0) is 17.0. The summed E-state index contributed by atoms with van der Waals surface area (Å²) in [6.45, 7) is 10.3. The van der Waals surface area contributed by atoms with Crippen LogP contribution in [0.25, 0.3) is 10.9 Å². The third-order valence-electron chi connectivity index (χ3n) is 3.36. The Balaban J connectivity index is 2.63. The van der Waals surface area contributed by atoms with Gasteiger partial charge in [0.05, 0.1) is 18.7 Å². The van der Waals surface area contributed by atoms with Gasteiger partial charge in [-0.25, -0.2) is 4.98 Å². The van der Waals surface area contributed by atoms with Crippen molar-refractivity contribution in [1.29, 1.82) is 0 Å². The highest BCUT2D eigenvalue weighted by atomic mass is 28.3. The molecule has 23 heavy (non-hydrogen) atoms. The molecule has 1 N–H and O–H groups in total. The van der Waals surface area contributed by atoms with E-state index in [0.29, 0.717) is 12.1 Å². The summed E-state index contributed by atoms with van der Waals surface area (Å²) in [5.41, 5.74) is 5.57. The fourth-order valence-electron chi connectivity index (χ4n) is 2.18. The van der Waals surface area contributed by atoms with Crippen molar-refractivity contribution in [2.24, 2.45) is 0 Å². The molecule has 0 amide bonds. The zero-order valence-electron chi connectivity index (χ0n) is 14.2. The lowest BCUT2D eigenvalue weighted by Gasteiger charge is -2.13. The minimum Gasteiger partial charge on any atom is -0.497 e. The van der Waals surface area contributed by atoms with E-state index in [0.717, 1.165) is 22.2 Å². The Morgan fingerprint density at radius 1 is 1.35 bits per heavy atom. The Hall–Kier alpha value is -2.09. The van der Waals surface area contributed by atoms with Crippen molar-refractivity contribution in [1.82, 2.24) is 4.98 Å². The van der Waals surface area contributed by atoms with Gasteiger partial charge in [0.1, 0.15) is 19.5 Å². The molecule has 0 saturated heterocycles. The van der Waals surface area contributed by atoms with Crippen molar-refractivity contribution >= 4 is 19.0 Å². The molecule has 1 atom stereocenters. The van der Waals surface area contributed by atoms with Gasteiger partial charge >= 0.3 is 0 Å². The first-order valence-electron chi connectivity index (χ1n) is 7.65. The normalized spacial score (nSPS) is 12.4. The third-order valence-corrected chi connectivity index (χ3v) is 4.23. The molecule has 3 nitrogen and oxygen atoms in total. The molecule has 0 aliphatic carbocycles. The summed E-state index contributed by atoms with van der Waals surface area (Å²) >= 11 is 0. The molecule has 2 aromatic rings. The molecule has 0 fully saturated rings. The number of aliphatic hydroxyl groups is 1. The van der Waals surface area contributed by atoms with Crippen molar-refractivity contribution in [3.8, 4) is 17.2 Å². The van der Waals surface area contributed by atoms with Crippen LogP contribution in [-0.2, 0) is 0 Å². The average Bonchev–Trinajstić information content (AvgIpc) is 2.51. The van der Waals surface area contributed by atoms with E-state index in [1.807, 2.05) is 24.3 Å². The van der Waals surface area contributed by atoms with Crippen molar-refractivity contribution in [3.63, 3.8) is 0 Å². The van der Waals surface area contributed by atoms with E-state index in [1.165, 1.54) is 0 Å². The van der Waals surface area contributed by atoms with Crippen LogP contribution < -0.4 is 4.74 Å². The molecule has 1 aromatic heterocycles. The predicted molar refractivity (Wildman–Crippen MR) is 98.3 cm³/mol. The molecule has 120 valence electrons. The van der Waals surface area contributed by atoms with Crippen LogP contribution in [0.4, 0.5) is 0 Å². The maximum atomic E-state index is 10.4. The Labute approximate surface area is 139 Å². The summed E-state index contributed by atoms with van der Waals surface area (Å²) in [6, 6.07) is 7.66. The van der Waals surface area contributed by atoms with Crippen LogP contribution in [0.2, 0.25) is 19.6 Å². The predicted octanol–water partition coefficient (Wildman–Crippen LogP) is 4.08. The number of nitrogens with zero attached hydrogens (tertiary/aromatic N) is 1. The van der Waals surface area contributed by atoms with Crippen molar-refractivity contribution < 1.29 is 9.84 Å². The average molecular weight is 325 g/mol. The molecular weight excluding hydrogens is 302 g/mol. The maximum Gasteiger partial charge on any atom is 0.129 e. The van der Waals surface area contributed by atoms with Crippen LogP contribution in [-0.4, -0.2) is 25.3 Å². The summed E-state index contributed by atoms with van der Waals surface area (Å²) in [6.07, 6.45) is 1.52. The van der Waals surface area contributed by atoms with Gasteiger partial charge in [0.15, 0.2) is 0 Å². The highest BCUT2D eigenvalue weighted by Crippen LogP contribution is 2.26. The molecular formula is C19H23NO2Si. The molecule has 0 aliphatic rings. The van der Waals surface area contributed by atoms with E-state index < -0.39 is 14.2 Å². The quantitative estimate of drug-likeness (QED) is 0.523. The molecule has 2 rings (SSSR count). The van der Waals surface area contributed by atoms with Gasteiger partial charge in [0.2, 0.25) is 0 Å². The molecule has 1 aromatic carbocycles. The molecule has 0 aliphatic heterocycles. The SMILES string of the molecule is C=CCC(O)c1cc2cc(OC)ccc2nc1C#C[Si](C)(C)C. The summed E-state index contributed by atoms with van der Waals surface area (Å²) in [5, 5.41) is 11.3. The minimum atomic E-state index is -1.52. The number of hydrogen-bond donors (Lipinski definition) is 1. The van der Waals surface area contributed by atoms with E-state index in [2.05, 4.69) is 42.7 Å². The zero-order valence-corrected chi connectivity index (χ0v) is 15.2. The Morgan fingerprint density at radius 3 is 2.70 bits per heavy atom. The molecule has 1 unspecified atom stereocenters. The number of rotatable bonds is 4. The minimum absolute atomic E-state index is 0.471. The first kappa shape index (κ1) is 17.3. The van der Waals surface area contributed by atoms with E-state index in [9.17, 15) is 5.11 Å². The van der Waals surface area contributed by atoms with E-state index in [4.69, 9.17) is 4.74 Å². The van der Waals surface area contributed by atoms with Gasteiger partial charge < -0.3 is 9.84 Å². The number of hydrogen-bond acceptors (Lipinski definition) is 3. The number of pyridine rings is 1. The van der Waals surface area contributed by atoms with Gasteiger partial charge in [-0.1, -0.05) is 31.6 Å². The van der Waals surface area contributed by atoms with E-state index in [-0.39, 0.29) is 0 Å². The monoisotopic (exact) mass is 325 g/mol. The molecule has 0 saturated carbocycles. The molecule has 4 heteroatoms. The molecule has 0 bridgehead atoms. The van der Waals surface area contributed by atoms with Crippen LogP contribution in [0.1, 0.15) is 23.8 Å². The smallest absolute Gasteiger partial charge is 0.129 e. The summed E-state index contributed by atoms with van der Waals surface area (Å²) in [7, 11) is 0.113. The van der Waals surface area contributed by atoms with Gasteiger partial charge in [-0.05, 0) is 30.7 Å². The second kappa shape index (κ2) is 6.99. The molecule has 0 radical (unpaired) electrons. The fraction of sp³-hybridized carbons (Fsp3) is 0.316. The Kier molecular flexibility index (Phi) is 5.25. The fourth-order valence-corrected chi connectivity index (χ4v) is 2.68. The first-order chi connectivity index (χ1) is 10.8. The van der Waals surface area contributed by atoms with Crippen LogP contribution in [0.3, 0.4) is 0 Å². The molecule has 1 heterocycles. The lowest BCUT2D eigenvalue weighted by Crippen LogP contribution is -2.16. The number of methoxy groups -OCH3 is 1. The van der Waals surface area contributed by atoms with E-state index in [1.54, 1.807) is 13.2 Å². The third kappa shape index (κ3) is 4.44. The standard InChI is InChI=1S/C19H23NO2Si/c1-6-7-19(21)16-13-14-12-15(22-2)8-9-17(14)20-18(16)10-11-23(3,4)5/h6,8-9,12-13,19,21H,1,7H2,2-5H3. The highest BCUT2D eigenvalue weighted by molar-refractivity contribution is 6.83. The lowest BCUT2D eigenvalue weighted by molar-refractivity contribution is 0.181. The van der Waals surface area contributed by atoms with Gasteiger partial charge in [-0.3, -0.25) is 0 Å². The first-order valence-corrected chi connectivity index (χ1v) is 11.1. The van der Waals surface area contributed by atoms with Gasteiger partial charge in [-0.2, -0.15) is 0 Å². The van der Waals surface area contributed by atoms with Crippen molar-refractivity contribution in [2.45, 2.75) is 32.2 Å². The number of fused-ring (bicyclic) bond motifs is 1. The second-order valence-electron chi connectivity index (χ2n) is 6.53. The van der Waals surface area contributed by atoms with Crippen molar-refractivity contribution in [2.75, 3.05) is 7.11 Å². The van der Waals surface area contributed by atoms with Gasteiger partial charge in [0, 0.05) is 10.9 Å². The van der Waals surface area contributed by atoms with E-state index >= 15 is 0 Å². The maximum absolute atomic E-state index is 10.4. The topological polar surface area (TPSA) is 42.4 Å².